The summed E-state index contributed by atoms with van der Waals surface area (Å²) >= 11 is 5.96. The zero-order valence-corrected chi connectivity index (χ0v) is 11.4. The summed E-state index contributed by atoms with van der Waals surface area (Å²) in [5.74, 6) is 3.24. The molecule has 2 bridgehead atoms. The van der Waals surface area contributed by atoms with Crippen molar-refractivity contribution in [3.63, 3.8) is 0 Å². The molecule has 100 valence electrons. The predicted octanol–water partition coefficient (Wildman–Crippen LogP) is 2.70. The molecule has 1 aromatic rings. The number of carbonyl (C=O) groups excluding carboxylic acids is 1. The molecule has 3 nitrogen and oxygen atoms in total. The van der Waals surface area contributed by atoms with Crippen molar-refractivity contribution in [3.05, 3.63) is 28.8 Å². The Morgan fingerprint density at radius 2 is 1.95 bits per heavy atom. The third-order valence-electron chi connectivity index (χ3n) is 5.30. The van der Waals surface area contributed by atoms with Crippen LogP contribution >= 0.6 is 11.6 Å². The molecule has 19 heavy (non-hydrogen) atoms. The molecule has 3 fully saturated rings. The van der Waals surface area contributed by atoms with Crippen molar-refractivity contribution in [2.24, 2.45) is 23.7 Å². The number of hydrogen-bond acceptors (Lipinski definition) is 2. The van der Waals surface area contributed by atoms with E-state index < -0.39 is 0 Å². The van der Waals surface area contributed by atoms with Crippen LogP contribution in [0.2, 0.25) is 5.02 Å². The average Bonchev–Trinajstić information content (AvgIpc) is 2.81. The van der Waals surface area contributed by atoms with Crippen LogP contribution in [0.1, 0.15) is 29.6 Å². The first-order chi connectivity index (χ1) is 9.15. The first-order valence-corrected chi connectivity index (χ1v) is 7.39. The number of halogens is 1. The van der Waals surface area contributed by atoms with Crippen molar-refractivity contribution in [1.29, 1.82) is 0 Å². The van der Waals surface area contributed by atoms with Gasteiger partial charge in [0.2, 0.25) is 0 Å². The van der Waals surface area contributed by atoms with Gasteiger partial charge in [-0.2, -0.15) is 0 Å². The quantitative estimate of drug-likeness (QED) is 0.816. The molecule has 1 amide bonds. The Kier molecular flexibility index (Phi) is 2.37. The van der Waals surface area contributed by atoms with Crippen molar-refractivity contribution in [3.8, 4) is 0 Å². The van der Waals surface area contributed by atoms with Crippen LogP contribution in [0.25, 0.3) is 0 Å². The molecule has 0 aliphatic heterocycles. The van der Waals surface area contributed by atoms with E-state index in [1.807, 2.05) is 0 Å². The number of benzene rings is 1. The molecule has 0 aromatic heterocycles. The maximum Gasteiger partial charge on any atom is 0.251 e. The topological polar surface area (TPSA) is 55.1 Å². The molecule has 0 radical (unpaired) electrons. The van der Waals surface area contributed by atoms with Crippen LogP contribution in [0, 0.1) is 23.7 Å². The average molecular weight is 277 g/mol. The Bertz CT molecular complexity index is 543. The third-order valence-corrected chi connectivity index (χ3v) is 5.62. The number of amides is 1. The molecule has 4 rings (SSSR count). The minimum Gasteiger partial charge on any atom is -0.398 e. The first-order valence-electron chi connectivity index (χ1n) is 7.01. The molecule has 4 heteroatoms. The van der Waals surface area contributed by atoms with Crippen LogP contribution in [-0.2, 0) is 0 Å². The highest BCUT2D eigenvalue weighted by molar-refractivity contribution is 6.33. The highest BCUT2D eigenvalue weighted by atomic mass is 35.5. The normalized spacial score (nSPS) is 38.1. The van der Waals surface area contributed by atoms with Crippen molar-refractivity contribution in [1.82, 2.24) is 5.32 Å². The van der Waals surface area contributed by atoms with Crippen LogP contribution in [0.5, 0.6) is 0 Å². The molecule has 3 aliphatic carbocycles. The summed E-state index contributed by atoms with van der Waals surface area (Å²) in [7, 11) is 0. The van der Waals surface area contributed by atoms with Gasteiger partial charge in [0.25, 0.3) is 5.91 Å². The van der Waals surface area contributed by atoms with Gasteiger partial charge in [-0.3, -0.25) is 4.79 Å². The van der Waals surface area contributed by atoms with Gasteiger partial charge in [0.1, 0.15) is 0 Å². The Labute approximate surface area is 117 Å². The fourth-order valence-electron chi connectivity index (χ4n) is 4.42. The van der Waals surface area contributed by atoms with E-state index in [1.165, 1.54) is 19.3 Å². The van der Waals surface area contributed by atoms with Gasteiger partial charge in [0.15, 0.2) is 0 Å². The molecule has 0 spiro atoms. The lowest BCUT2D eigenvalue weighted by atomic mass is 10.0. The fraction of sp³-hybridized carbons (Fsp3) is 0.533. The van der Waals surface area contributed by atoms with E-state index >= 15 is 0 Å². The number of carbonyl (C=O) groups is 1. The maximum atomic E-state index is 12.2. The number of rotatable bonds is 2. The summed E-state index contributed by atoms with van der Waals surface area (Å²) in [6.45, 7) is 0. The zero-order valence-electron chi connectivity index (χ0n) is 10.6. The van der Waals surface area contributed by atoms with Gasteiger partial charge in [0, 0.05) is 11.6 Å². The minimum atomic E-state index is -0.0132. The molecule has 3 N–H and O–H groups in total. The largest absolute Gasteiger partial charge is 0.398 e. The van der Waals surface area contributed by atoms with E-state index in [0.29, 0.717) is 22.3 Å². The second kappa shape index (κ2) is 3.89. The predicted molar refractivity (Wildman–Crippen MR) is 74.9 cm³/mol. The SMILES string of the molecule is Nc1ccc(C(=O)NC2C3C4CCC(C4)C23)cc1Cl. The summed E-state index contributed by atoms with van der Waals surface area (Å²) in [5, 5.41) is 3.63. The fourth-order valence-corrected chi connectivity index (χ4v) is 4.60. The summed E-state index contributed by atoms with van der Waals surface area (Å²) in [5.41, 5.74) is 6.78. The molecule has 3 saturated carbocycles. The summed E-state index contributed by atoms with van der Waals surface area (Å²) < 4.78 is 0. The molecular formula is C15H17ClN2O. The third kappa shape index (κ3) is 1.68. The number of nitrogen functional groups attached to an aromatic ring is 1. The van der Waals surface area contributed by atoms with E-state index in [4.69, 9.17) is 17.3 Å². The molecule has 3 aliphatic rings. The van der Waals surface area contributed by atoms with E-state index in [1.54, 1.807) is 18.2 Å². The minimum absolute atomic E-state index is 0.0132. The number of hydrogen-bond donors (Lipinski definition) is 2. The van der Waals surface area contributed by atoms with Gasteiger partial charge in [-0.05, 0) is 61.1 Å². The lowest BCUT2D eigenvalue weighted by molar-refractivity contribution is 0.0944. The van der Waals surface area contributed by atoms with Crippen LogP contribution in [0.4, 0.5) is 5.69 Å². The van der Waals surface area contributed by atoms with Crippen LogP contribution in [-0.4, -0.2) is 11.9 Å². The standard InChI is InChI=1S/C15H17ClN2O/c16-10-6-9(3-4-11(10)17)15(19)18-14-12-7-1-2-8(5-7)13(12)14/h3-4,6-8,12-14H,1-2,5,17H2,(H,18,19). The lowest BCUT2D eigenvalue weighted by Crippen LogP contribution is -2.29. The molecular weight excluding hydrogens is 260 g/mol. The Morgan fingerprint density at radius 3 is 2.58 bits per heavy atom. The van der Waals surface area contributed by atoms with E-state index in [9.17, 15) is 4.79 Å². The van der Waals surface area contributed by atoms with Crippen molar-refractivity contribution in [2.45, 2.75) is 25.3 Å². The lowest BCUT2D eigenvalue weighted by Gasteiger charge is -2.11. The Morgan fingerprint density at radius 1 is 1.26 bits per heavy atom. The first kappa shape index (κ1) is 11.6. The van der Waals surface area contributed by atoms with Gasteiger partial charge in [-0.15, -0.1) is 0 Å². The van der Waals surface area contributed by atoms with Crippen LogP contribution in [0.15, 0.2) is 18.2 Å². The van der Waals surface area contributed by atoms with E-state index in [-0.39, 0.29) is 5.91 Å². The van der Waals surface area contributed by atoms with Crippen LogP contribution < -0.4 is 11.1 Å². The second-order valence-electron chi connectivity index (χ2n) is 6.22. The molecule has 4 unspecified atom stereocenters. The molecule has 1 aromatic carbocycles. The molecule has 0 saturated heterocycles. The van der Waals surface area contributed by atoms with Gasteiger partial charge in [-0.1, -0.05) is 11.6 Å². The summed E-state index contributed by atoms with van der Waals surface area (Å²) in [6, 6.07) is 5.49. The maximum absolute atomic E-state index is 12.2. The Balaban J connectivity index is 1.46. The van der Waals surface area contributed by atoms with Crippen molar-refractivity contribution >= 4 is 23.2 Å². The zero-order chi connectivity index (χ0) is 13.1. The van der Waals surface area contributed by atoms with Gasteiger partial charge in [-0.25, -0.2) is 0 Å². The highest BCUT2D eigenvalue weighted by Crippen LogP contribution is 2.65. The van der Waals surface area contributed by atoms with E-state index in [0.717, 1.165) is 23.7 Å². The molecule has 4 atom stereocenters. The van der Waals surface area contributed by atoms with E-state index in [2.05, 4.69) is 5.32 Å². The monoisotopic (exact) mass is 276 g/mol. The number of nitrogens with one attached hydrogen (secondary N) is 1. The Hall–Kier alpha value is -1.22. The van der Waals surface area contributed by atoms with Crippen LogP contribution in [0.3, 0.4) is 0 Å². The van der Waals surface area contributed by atoms with Crippen molar-refractivity contribution in [2.75, 3.05) is 5.73 Å². The second-order valence-corrected chi connectivity index (χ2v) is 6.63. The smallest absolute Gasteiger partial charge is 0.251 e. The van der Waals surface area contributed by atoms with Gasteiger partial charge >= 0.3 is 0 Å². The highest BCUT2D eigenvalue weighted by Gasteiger charge is 2.65. The number of fused-ring (bicyclic) bond motifs is 5. The van der Waals surface area contributed by atoms with Gasteiger partial charge < -0.3 is 11.1 Å². The van der Waals surface area contributed by atoms with Crippen molar-refractivity contribution < 1.29 is 4.79 Å². The number of anilines is 1. The molecule has 0 heterocycles. The van der Waals surface area contributed by atoms with Gasteiger partial charge in [0.05, 0.1) is 10.7 Å². The summed E-state index contributed by atoms with van der Waals surface area (Å²) in [6.07, 6.45) is 4.13. The summed E-state index contributed by atoms with van der Waals surface area (Å²) in [4.78, 5) is 12.2. The number of nitrogens with two attached hydrogens (primary N) is 1.